The summed E-state index contributed by atoms with van der Waals surface area (Å²) in [6.45, 7) is 8.84. The smallest absolute Gasteiger partial charge is 0.264 e. The molecule has 0 fully saturated rings. The van der Waals surface area contributed by atoms with Crippen LogP contribution in [0.1, 0.15) is 50.3 Å². The minimum absolute atomic E-state index is 0.0493. The molecule has 0 saturated heterocycles. The number of carbonyl (C=O) groups excluding carboxylic acids is 2. The number of anilines is 1. The molecule has 0 spiro atoms. The van der Waals surface area contributed by atoms with E-state index in [-0.39, 0.29) is 23.4 Å². The number of benzene rings is 3. The fourth-order valence-electron chi connectivity index (χ4n) is 4.34. The molecule has 41 heavy (non-hydrogen) atoms. The van der Waals surface area contributed by atoms with E-state index in [1.165, 1.54) is 17.0 Å². The van der Waals surface area contributed by atoms with Gasteiger partial charge in [-0.3, -0.25) is 13.9 Å². The number of hydrogen-bond acceptors (Lipinski definition) is 4. The van der Waals surface area contributed by atoms with Crippen LogP contribution in [0.15, 0.2) is 71.6 Å². The Labute approximate surface area is 253 Å². The molecule has 10 heteroatoms. The van der Waals surface area contributed by atoms with Crippen LogP contribution in [0.4, 0.5) is 5.69 Å². The van der Waals surface area contributed by atoms with Gasteiger partial charge in [0.05, 0.1) is 10.6 Å². The van der Waals surface area contributed by atoms with Gasteiger partial charge in [0, 0.05) is 28.2 Å². The lowest BCUT2D eigenvalue weighted by molar-refractivity contribution is -0.140. The van der Waals surface area contributed by atoms with Crippen molar-refractivity contribution in [2.45, 2.75) is 71.0 Å². The van der Waals surface area contributed by atoms with E-state index in [1.54, 1.807) is 55.5 Å². The monoisotopic (exact) mass is 617 g/mol. The van der Waals surface area contributed by atoms with Crippen LogP contribution in [-0.4, -0.2) is 43.8 Å². The highest BCUT2D eigenvalue weighted by molar-refractivity contribution is 7.92. The highest BCUT2D eigenvalue weighted by Crippen LogP contribution is 2.29. The lowest BCUT2D eigenvalue weighted by Crippen LogP contribution is -2.53. The van der Waals surface area contributed by atoms with E-state index in [0.717, 1.165) is 15.4 Å². The van der Waals surface area contributed by atoms with Crippen LogP contribution in [0.5, 0.6) is 0 Å². The SMILES string of the molecule is CC[C@@H](C)NC(=O)[C@H](CC)N(Cc1c(Cl)cccc1Cl)C(=O)CN(c1ccc(C)c(C)c1)S(=O)(=O)c1ccccc1. The third-order valence-corrected chi connectivity index (χ3v) is 9.66. The number of amides is 2. The summed E-state index contributed by atoms with van der Waals surface area (Å²) in [5, 5.41) is 3.64. The van der Waals surface area contributed by atoms with Crippen LogP contribution >= 0.6 is 23.2 Å². The van der Waals surface area contributed by atoms with Gasteiger partial charge in [0.25, 0.3) is 10.0 Å². The Balaban J connectivity index is 2.11. The summed E-state index contributed by atoms with van der Waals surface area (Å²) in [5.41, 5.74) is 2.68. The molecule has 0 bridgehead atoms. The average Bonchev–Trinajstić information content (AvgIpc) is 2.94. The molecular weight excluding hydrogens is 581 g/mol. The first kappa shape index (κ1) is 32.4. The highest BCUT2D eigenvalue weighted by Gasteiger charge is 2.34. The lowest BCUT2D eigenvalue weighted by Gasteiger charge is -2.34. The van der Waals surface area contributed by atoms with Crippen molar-refractivity contribution in [1.29, 1.82) is 0 Å². The summed E-state index contributed by atoms with van der Waals surface area (Å²) in [6.07, 6.45) is 1.01. The van der Waals surface area contributed by atoms with E-state index in [9.17, 15) is 18.0 Å². The molecule has 0 aliphatic rings. The number of halogens is 2. The highest BCUT2D eigenvalue weighted by atomic mass is 35.5. The standard InChI is InChI=1S/C31H37Cl2N3O4S/c1-6-23(5)34-31(38)29(7-2)35(19-26-27(32)14-11-15-28(26)33)30(37)20-36(24-17-16-21(3)22(4)18-24)41(39,40)25-12-9-8-10-13-25/h8-18,23,29H,6-7,19-20H2,1-5H3,(H,34,38)/t23-,29+/m1/s1. The predicted octanol–water partition coefficient (Wildman–Crippen LogP) is 6.53. The zero-order valence-corrected chi connectivity index (χ0v) is 26.4. The number of nitrogens with zero attached hydrogens (tertiary/aromatic N) is 2. The second kappa shape index (κ2) is 14.2. The van der Waals surface area contributed by atoms with E-state index >= 15 is 0 Å². The third-order valence-electron chi connectivity index (χ3n) is 7.17. The summed E-state index contributed by atoms with van der Waals surface area (Å²) in [4.78, 5) is 29.0. The summed E-state index contributed by atoms with van der Waals surface area (Å²) in [5.74, 6) is -0.896. The van der Waals surface area contributed by atoms with Crippen LogP contribution < -0.4 is 9.62 Å². The molecule has 1 N–H and O–H groups in total. The van der Waals surface area contributed by atoms with Crippen molar-refractivity contribution in [2.24, 2.45) is 0 Å². The van der Waals surface area contributed by atoms with E-state index in [2.05, 4.69) is 5.32 Å². The van der Waals surface area contributed by atoms with Crippen molar-refractivity contribution in [3.05, 3.63) is 93.5 Å². The van der Waals surface area contributed by atoms with E-state index < -0.39 is 28.5 Å². The van der Waals surface area contributed by atoms with Crippen LogP contribution in [-0.2, 0) is 26.2 Å². The van der Waals surface area contributed by atoms with Crippen molar-refractivity contribution in [3.8, 4) is 0 Å². The molecule has 0 saturated carbocycles. The molecule has 3 rings (SSSR count). The maximum atomic E-state index is 14.2. The Morgan fingerprint density at radius 1 is 0.878 bits per heavy atom. The fraction of sp³-hybridized carbons (Fsp3) is 0.355. The van der Waals surface area contributed by atoms with E-state index in [4.69, 9.17) is 23.2 Å². The molecule has 0 aromatic heterocycles. The van der Waals surface area contributed by atoms with Crippen molar-refractivity contribution >= 4 is 50.7 Å². The first-order valence-corrected chi connectivity index (χ1v) is 15.8. The van der Waals surface area contributed by atoms with Crippen molar-refractivity contribution in [3.63, 3.8) is 0 Å². The molecule has 2 atom stereocenters. The quantitative estimate of drug-likeness (QED) is 0.250. The second-order valence-corrected chi connectivity index (χ2v) is 12.7. The summed E-state index contributed by atoms with van der Waals surface area (Å²) in [6, 6.07) is 17.2. The lowest BCUT2D eigenvalue weighted by atomic mass is 10.1. The minimum Gasteiger partial charge on any atom is -0.352 e. The molecular formula is C31H37Cl2N3O4S. The van der Waals surface area contributed by atoms with Gasteiger partial charge in [-0.05, 0) is 81.1 Å². The number of aryl methyl sites for hydroxylation is 2. The van der Waals surface area contributed by atoms with E-state index in [1.807, 2.05) is 33.8 Å². The first-order valence-electron chi connectivity index (χ1n) is 13.6. The number of hydrogen-bond donors (Lipinski definition) is 1. The van der Waals surface area contributed by atoms with Crippen LogP contribution in [0, 0.1) is 13.8 Å². The molecule has 3 aromatic rings. The Morgan fingerprint density at radius 3 is 2.07 bits per heavy atom. The maximum absolute atomic E-state index is 14.2. The normalized spacial score (nSPS) is 12.9. The molecule has 0 radical (unpaired) electrons. The summed E-state index contributed by atoms with van der Waals surface area (Å²) >= 11 is 12.9. The molecule has 0 aliphatic heterocycles. The average molecular weight is 619 g/mol. The second-order valence-electron chi connectivity index (χ2n) is 10.1. The fourth-order valence-corrected chi connectivity index (χ4v) is 6.29. The Hall–Kier alpha value is -3.07. The molecule has 0 unspecified atom stereocenters. The largest absolute Gasteiger partial charge is 0.352 e. The minimum atomic E-state index is -4.14. The molecule has 2 amide bonds. The van der Waals surface area contributed by atoms with E-state index in [0.29, 0.717) is 34.1 Å². The van der Waals surface area contributed by atoms with Gasteiger partial charge in [0.1, 0.15) is 12.6 Å². The van der Waals surface area contributed by atoms with Gasteiger partial charge in [-0.2, -0.15) is 0 Å². The molecule has 220 valence electrons. The summed E-state index contributed by atoms with van der Waals surface area (Å²) in [7, 11) is -4.14. The third kappa shape index (κ3) is 7.82. The van der Waals surface area contributed by atoms with Crippen molar-refractivity contribution < 1.29 is 18.0 Å². The zero-order valence-electron chi connectivity index (χ0n) is 24.0. The Bertz CT molecular complexity index is 1460. The van der Waals surface area contributed by atoms with Crippen molar-refractivity contribution in [2.75, 3.05) is 10.8 Å². The zero-order chi connectivity index (χ0) is 30.3. The Kier molecular flexibility index (Phi) is 11.2. The molecule has 7 nitrogen and oxygen atoms in total. The summed E-state index contributed by atoms with van der Waals surface area (Å²) < 4.78 is 29.0. The van der Waals surface area contributed by atoms with Gasteiger partial charge < -0.3 is 10.2 Å². The van der Waals surface area contributed by atoms with Gasteiger partial charge in [-0.15, -0.1) is 0 Å². The van der Waals surface area contributed by atoms with Gasteiger partial charge >= 0.3 is 0 Å². The van der Waals surface area contributed by atoms with Gasteiger partial charge in [0.15, 0.2) is 0 Å². The molecule has 0 heterocycles. The number of sulfonamides is 1. The van der Waals surface area contributed by atoms with Gasteiger partial charge in [-0.25, -0.2) is 8.42 Å². The number of rotatable bonds is 12. The van der Waals surface area contributed by atoms with Crippen LogP contribution in [0.2, 0.25) is 10.0 Å². The first-order chi connectivity index (χ1) is 19.4. The number of nitrogens with one attached hydrogen (secondary N) is 1. The van der Waals surface area contributed by atoms with Crippen molar-refractivity contribution in [1.82, 2.24) is 10.2 Å². The molecule has 0 aliphatic carbocycles. The van der Waals surface area contributed by atoms with Gasteiger partial charge in [0.2, 0.25) is 11.8 Å². The topological polar surface area (TPSA) is 86.8 Å². The van der Waals surface area contributed by atoms with Crippen LogP contribution in [0.3, 0.4) is 0 Å². The van der Waals surface area contributed by atoms with Gasteiger partial charge in [-0.1, -0.05) is 67.4 Å². The molecule has 3 aromatic carbocycles. The predicted molar refractivity (Wildman–Crippen MR) is 166 cm³/mol. The van der Waals surface area contributed by atoms with Crippen LogP contribution in [0.25, 0.3) is 0 Å². The number of carbonyl (C=O) groups is 2. The Morgan fingerprint density at radius 2 is 1.51 bits per heavy atom. The maximum Gasteiger partial charge on any atom is 0.264 e.